The van der Waals surface area contributed by atoms with E-state index in [1.165, 1.54) is 6.42 Å². The van der Waals surface area contributed by atoms with E-state index >= 15 is 0 Å². The van der Waals surface area contributed by atoms with E-state index < -0.39 is 24.2 Å². The Morgan fingerprint density at radius 3 is 2.54 bits per heavy atom. The van der Waals surface area contributed by atoms with E-state index in [2.05, 4.69) is 43.2 Å². The van der Waals surface area contributed by atoms with E-state index in [0.29, 0.717) is 40.3 Å². The summed E-state index contributed by atoms with van der Waals surface area (Å²) in [7, 11) is 5.56. The Labute approximate surface area is 297 Å². The minimum absolute atomic E-state index is 0.00271. The minimum Gasteiger partial charge on any atom is -0.496 e. The fourth-order valence-corrected chi connectivity index (χ4v) is 9.04. The molecular formula is C39H59N5O6. The number of para-hydroxylation sites is 1. The van der Waals surface area contributed by atoms with Crippen LogP contribution in [0.25, 0.3) is 11.1 Å². The largest absolute Gasteiger partial charge is 0.496 e. The molecule has 6 N–H and O–H groups in total. The van der Waals surface area contributed by atoms with Gasteiger partial charge in [-0.05, 0) is 87.2 Å². The second-order valence-corrected chi connectivity index (χ2v) is 15.8. The van der Waals surface area contributed by atoms with Crippen molar-refractivity contribution in [3.05, 3.63) is 47.5 Å². The zero-order chi connectivity index (χ0) is 36.5. The Bertz CT molecular complexity index is 1510. The number of benzene rings is 2. The molecule has 9 atom stereocenters. The molecule has 3 saturated carbocycles. The normalized spacial score (nSPS) is 28.5. The van der Waals surface area contributed by atoms with Crippen molar-refractivity contribution >= 4 is 17.5 Å². The maximum atomic E-state index is 14.2. The highest BCUT2D eigenvalue weighted by Crippen LogP contribution is 2.61. The second-order valence-electron chi connectivity index (χ2n) is 15.8. The molecule has 0 unspecified atom stereocenters. The van der Waals surface area contributed by atoms with Gasteiger partial charge in [-0.1, -0.05) is 52.3 Å². The van der Waals surface area contributed by atoms with Crippen LogP contribution >= 0.6 is 0 Å². The number of fused-ring (bicyclic) bond motifs is 2. The lowest BCUT2D eigenvalue weighted by atomic mass is 9.45. The Balaban J connectivity index is 1.41. The summed E-state index contributed by atoms with van der Waals surface area (Å²) < 4.78 is 5.99. The number of amides is 2. The van der Waals surface area contributed by atoms with Crippen LogP contribution in [0.4, 0.5) is 5.69 Å². The molecule has 50 heavy (non-hydrogen) atoms. The molecule has 1 aliphatic heterocycles. The van der Waals surface area contributed by atoms with E-state index in [-0.39, 0.29) is 42.5 Å². The number of ether oxygens (including phenoxy) is 1. The van der Waals surface area contributed by atoms with E-state index in [1.807, 2.05) is 44.4 Å². The van der Waals surface area contributed by atoms with Gasteiger partial charge in [-0.25, -0.2) is 0 Å². The molecular weight excluding hydrogens is 634 g/mol. The molecule has 276 valence electrons. The van der Waals surface area contributed by atoms with Crippen LogP contribution in [0.2, 0.25) is 0 Å². The molecule has 2 bridgehead atoms. The van der Waals surface area contributed by atoms with Gasteiger partial charge in [0.15, 0.2) is 0 Å². The first-order chi connectivity index (χ1) is 23.7. The van der Waals surface area contributed by atoms with Crippen LogP contribution in [-0.2, 0) is 16.2 Å². The Morgan fingerprint density at radius 1 is 1.20 bits per heavy atom. The predicted molar refractivity (Wildman–Crippen MR) is 195 cm³/mol. The molecule has 1 heterocycles. The first-order valence-corrected chi connectivity index (χ1v) is 18.2. The van der Waals surface area contributed by atoms with Crippen molar-refractivity contribution in [3.8, 4) is 16.9 Å². The number of likely N-dealkylation sites (N-methyl/N-ethyl adjacent to an activating group) is 1. The summed E-state index contributed by atoms with van der Waals surface area (Å²) in [5.74, 6) is 0.971. The van der Waals surface area contributed by atoms with Gasteiger partial charge in [-0.2, -0.15) is 5.06 Å². The van der Waals surface area contributed by atoms with E-state index in [4.69, 9.17) is 15.3 Å². The molecule has 11 heteroatoms. The summed E-state index contributed by atoms with van der Waals surface area (Å²) in [6.45, 7) is 11.2. The summed E-state index contributed by atoms with van der Waals surface area (Å²) >= 11 is 0. The summed E-state index contributed by atoms with van der Waals surface area (Å²) in [6.07, 6.45) is 2.28. The lowest BCUT2D eigenvalue weighted by Gasteiger charge is -2.62. The van der Waals surface area contributed by atoms with Crippen molar-refractivity contribution in [3.63, 3.8) is 0 Å². The minimum atomic E-state index is -0.899. The van der Waals surface area contributed by atoms with E-state index in [1.54, 1.807) is 25.2 Å². The quantitative estimate of drug-likeness (QED) is 0.185. The molecule has 1 saturated heterocycles. The van der Waals surface area contributed by atoms with Gasteiger partial charge >= 0.3 is 0 Å². The lowest BCUT2D eigenvalue weighted by molar-refractivity contribution is -0.183. The lowest BCUT2D eigenvalue weighted by Crippen LogP contribution is -2.62. The smallest absolute Gasteiger partial charge is 0.251 e. The van der Waals surface area contributed by atoms with Crippen molar-refractivity contribution in [2.24, 2.45) is 29.1 Å². The average molecular weight is 694 g/mol. The second kappa shape index (κ2) is 15.6. The third-order valence-electron chi connectivity index (χ3n) is 11.8. The standard InChI is InChI=1S/C39H59N5O6/c1-9-11-29(20-43(6)7)41-37(47)26-14-25(15-28(40)16-26)30-13-10-12-24(36(30)49-8)19-44-35(34(23(3)46)33(21-45)50-44)38(48)42-32-18-27-17-31(22(32)2)39(27,4)5/h10,12-16,22-23,27,29,31-35,45-46H,9,11,17-21,40H2,1-8H3,(H,41,47)(H,42,48)/t22-,23-,27+,29-,31-,32-,33-,34+,35-/m0/s1. The van der Waals surface area contributed by atoms with E-state index in [9.17, 15) is 19.8 Å². The molecule has 0 spiro atoms. The van der Waals surface area contributed by atoms with Gasteiger partial charge in [0.05, 0.1) is 26.4 Å². The Kier molecular flexibility index (Phi) is 11.8. The Morgan fingerprint density at radius 2 is 1.94 bits per heavy atom. The third-order valence-corrected chi connectivity index (χ3v) is 11.8. The number of hydroxylamine groups is 2. The number of anilines is 1. The SMILES string of the molecule is CCC[C@@H](CN(C)C)NC(=O)c1cc(N)cc(-c2cccc(CN3O[C@@H](CO)[C@@H]([C@H](C)O)[C@H]3C(=O)N[C@H]3C[C@H]4C[C@@H]([C@@H]3C)C4(C)C)c2OC)c1. The van der Waals surface area contributed by atoms with Crippen molar-refractivity contribution in [2.45, 2.75) is 97.2 Å². The van der Waals surface area contributed by atoms with Crippen molar-refractivity contribution in [1.29, 1.82) is 0 Å². The number of aliphatic hydroxyl groups is 2. The summed E-state index contributed by atoms with van der Waals surface area (Å²) in [5, 5.41) is 29.3. The van der Waals surface area contributed by atoms with Crippen LogP contribution in [0.5, 0.6) is 5.75 Å². The number of nitrogens with two attached hydrogens (primary N) is 1. The Hall–Kier alpha value is -3.22. The number of carbonyl (C=O) groups excluding carboxylic acids is 2. The monoisotopic (exact) mass is 693 g/mol. The van der Waals surface area contributed by atoms with Gasteiger partial charge < -0.3 is 36.2 Å². The van der Waals surface area contributed by atoms with Crippen LogP contribution in [0.15, 0.2) is 36.4 Å². The molecule has 4 aliphatic rings. The van der Waals surface area contributed by atoms with Crippen LogP contribution in [-0.4, -0.2) is 96.7 Å². The zero-order valence-corrected chi connectivity index (χ0v) is 31.1. The molecule has 11 nitrogen and oxygen atoms in total. The summed E-state index contributed by atoms with van der Waals surface area (Å²) in [5.41, 5.74) is 9.72. The molecule has 2 aromatic carbocycles. The van der Waals surface area contributed by atoms with Gasteiger partial charge in [0.2, 0.25) is 5.91 Å². The number of rotatable bonds is 14. The van der Waals surface area contributed by atoms with E-state index in [0.717, 1.165) is 36.9 Å². The molecule has 0 radical (unpaired) electrons. The number of aliphatic hydroxyl groups excluding tert-OH is 2. The molecule has 2 aromatic rings. The maximum Gasteiger partial charge on any atom is 0.251 e. The summed E-state index contributed by atoms with van der Waals surface area (Å²) in [4.78, 5) is 35.9. The highest BCUT2D eigenvalue weighted by Gasteiger charge is 2.57. The van der Waals surface area contributed by atoms with Gasteiger partial charge in [0.25, 0.3) is 5.91 Å². The van der Waals surface area contributed by atoms with Crippen LogP contribution in [0.3, 0.4) is 0 Å². The third kappa shape index (κ3) is 7.67. The molecule has 4 fully saturated rings. The van der Waals surface area contributed by atoms with Crippen LogP contribution in [0, 0.1) is 29.1 Å². The average Bonchev–Trinajstić information content (AvgIpc) is 3.43. The number of methoxy groups -OCH3 is 1. The van der Waals surface area contributed by atoms with Gasteiger partial charge in [0, 0.05) is 46.9 Å². The number of hydrogen-bond donors (Lipinski definition) is 5. The first-order valence-electron chi connectivity index (χ1n) is 18.2. The van der Waals surface area contributed by atoms with Crippen LogP contribution < -0.4 is 21.1 Å². The molecule has 6 rings (SSSR count). The number of nitrogens with one attached hydrogen (secondary N) is 2. The molecule has 0 aromatic heterocycles. The number of nitrogen functional groups attached to an aromatic ring is 1. The molecule has 3 aliphatic carbocycles. The van der Waals surface area contributed by atoms with Crippen molar-refractivity contribution in [2.75, 3.05) is 40.1 Å². The molecule has 2 amide bonds. The maximum absolute atomic E-state index is 14.2. The van der Waals surface area contributed by atoms with Gasteiger partial charge in [0.1, 0.15) is 17.9 Å². The van der Waals surface area contributed by atoms with Crippen LogP contribution in [0.1, 0.15) is 76.2 Å². The van der Waals surface area contributed by atoms with Gasteiger partial charge in [-0.3, -0.25) is 14.4 Å². The van der Waals surface area contributed by atoms with Crippen molar-refractivity contribution < 1.29 is 29.4 Å². The number of nitrogens with zero attached hydrogens (tertiary/aromatic N) is 2. The fourth-order valence-electron chi connectivity index (χ4n) is 9.04. The van der Waals surface area contributed by atoms with Crippen molar-refractivity contribution in [1.82, 2.24) is 20.6 Å². The fraction of sp³-hybridized carbons (Fsp3) is 0.641. The summed E-state index contributed by atoms with van der Waals surface area (Å²) in [6, 6.07) is 10.2. The number of carbonyl (C=O) groups is 2. The van der Waals surface area contributed by atoms with Gasteiger partial charge in [-0.15, -0.1) is 0 Å². The highest BCUT2D eigenvalue weighted by atomic mass is 16.7. The zero-order valence-electron chi connectivity index (χ0n) is 31.1. The number of hydrogen-bond acceptors (Lipinski definition) is 9. The predicted octanol–water partition coefficient (Wildman–Crippen LogP) is 4.07. The highest BCUT2D eigenvalue weighted by molar-refractivity contribution is 5.97. The first kappa shape index (κ1) is 38.0. The topological polar surface area (TPSA) is 150 Å².